The molecule has 2 aromatic rings. The first kappa shape index (κ1) is 13.6. The smallest absolute Gasteiger partial charge is 0.137 e. The van der Waals surface area contributed by atoms with E-state index in [1.807, 2.05) is 37.3 Å². The standard InChI is InChI=1S/C14H13BrFNS/c1-9(17)12-6-3-7-13(16)14(12)18-11-5-2-4-10(15)8-11/h2-9H,17H2,1H3. The molecule has 1 unspecified atom stereocenters. The van der Waals surface area contributed by atoms with Crippen LogP contribution in [0.15, 0.2) is 56.7 Å². The molecular formula is C14H13BrFNS. The predicted molar refractivity (Wildman–Crippen MR) is 77.3 cm³/mol. The van der Waals surface area contributed by atoms with Gasteiger partial charge in [-0.25, -0.2) is 4.39 Å². The molecule has 0 aliphatic carbocycles. The van der Waals surface area contributed by atoms with E-state index in [1.165, 1.54) is 17.8 Å². The summed E-state index contributed by atoms with van der Waals surface area (Å²) in [5.74, 6) is -0.227. The minimum absolute atomic E-state index is 0.185. The van der Waals surface area contributed by atoms with Crippen molar-refractivity contribution in [2.45, 2.75) is 22.8 Å². The molecule has 2 aromatic carbocycles. The maximum atomic E-state index is 13.9. The highest BCUT2D eigenvalue weighted by Crippen LogP contribution is 2.35. The van der Waals surface area contributed by atoms with E-state index in [0.717, 1.165) is 14.9 Å². The first-order valence-electron chi connectivity index (χ1n) is 5.55. The SMILES string of the molecule is CC(N)c1cccc(F)c1Sc1cccc(Br)c1. The molecule has 2 N–H and O–H groups in total. The summed E-state index contributed by atoms with van der Waals surface area (Å²) < 4.78 is 14.9. The van der Waals surface area contributed by atoms with E-state index in [1.54, 1.807) is 6.07 Å². The van der Waals surface area contributed by atoms with E-state index < -0.39 is 0 Å². The van der Waals surface area contributed by atoms with Gasteiger partial charge in [-0.1, -0.05) is 45.9 Å². The minimum Gasteiger partial charge on any atom is -0.324 e. The van der Waals surface area contributed by atoms with Crippen LogP contribution < -0.4 is 5.73 Å². The maximum Gasteiger partial charge on any atom is 0.137 e. The third kappa shape index (κ3) is 3.13. The first-order valence-corrected chi connectivity index (χ1v) is 7.16. The number of hydrogen-bond donors (Lipinski definition) is 1. The molecule has 2 rings (SSSR count). The van der Waals surface area contributed by atoms with Gasteiger partial charge in [0.2, 0.25) is 0 Å². The first-order chi connectivity index (χ1) is 8.58. The average molecular weight is 326 g/mol. The van der Waals surface area contributed by atoms with Crippen molar-refractivity contribution < 1.29 is 4.39 Å². The van der Waals surface area contributed by atoms with Gasteiger partial charge in [0, 0.05) is 15.4 Å². The molecule has 0 fully saturated rings. The summed E-state index contributed by atoms with van der Waals surface area (Å²) in [6.45, 7) is 1.86. The van der Waals surface area contributed by atoms with Crippen molar-refractivity contribution in [2.75, 3.05) is 0 Å². The lowest BCUT2D eigenvalue weighted by Crippen LogP contribution is -2.07. The van der Waals surface area contributed by atoms with E-state index in [9.17, 15) is 4.39 Å². The fraction of sp³-hybridized carbons (Fsp3) is 0.143. The van der Waals surface area contributed by atoms with Crippen LogP contribution in [0.2, 0.25) is 0 Å². The van der Waals surface area contributed by atoms with Crippen LogP contribution in [0.25, 0.3) is 0 Å². The van der Waals surface area contributed by atoms with Gasteiger partial charge in [0.05, 0.1) is 4.90 Å². The molecule has 0 bridgehead atoms. The summed E-state index contributed by atoms with van der Waals surface area (Å²) in [4.78, 5) is 1.59. The minimum atomic E-state index is -0.227. The molecule has 0 heterocycles. The molecule has 0 spiro atoms. The Morgan fingerprint density at radius 1 is 1.22 bits per heavy atom. The molecule has 0 saturated carbocycles. The third-order valence-corrected chi connectivity index (χ3v) is 4.12. The van der Waals surface area contributed by atoms with Gasteiger partial charge < -0.3 is 5.73 Å². The molecular weight excluding hydrogens is 313 g/mol. The van der Waals surface area contributed by atoms with E-state index >= 15 is 0 Å². The van der Waals surface area contributed by atoms with Crippen molar-refractivity contribution in [3.8, 4) is 0 Å². The fourth-order valence-electron chi connectivity index (χ4n) is 1.64. The van der Waals surface area contributed by atoms with Crippen LogP contribution in [0, 0.1) is 5.82 Å². The van der Waals surface area contributed by atoms with E-state index in [0.29, 0.717) is 4.90 Å². The topological polar surface area (TPSA) is 26.0 Å². The van der Waals surface area contributed by atoms with Crippen LogP contribution in [-0.2, 0) is 0 Å². The van der Waals surface area contributed by atoms with Gasteiger partial charge in [0.1, 0.15) is 5.82 Å². The molecule has 18 heavy (non-hydrogen) atoms. The molecule has 0 saturated heterocycles. The van der Waals surface area contributed by atoms with E-state index in [2.05, 4.69) is 15.9 Å². The second-order valence-corrected chi connectivity index (χ2v) is 6.01. The highest BCUT2D eigenvalue weighted by Gasteiger charge is 2.13. The Kier molecular flexibility index (Phi) is 4.43. The summed E-state index contributed by atoms with van der Waals surface area (Å²) in [5.41, 5.74) is 6.71. The summed E-state index contributed by atoms with van der Waals surface area (Å²) in [6, 6.07) is 12.6. The van der Waals surface area contributed by atoms with Crippen LogP contribution in [0.3, 0.4) is 0 Å². The van der Waals surface area contributed by atoms with Gasteiger partial charge >= 0.3 is 0 Å². The number of nitrogens with two attached hydrogens (primary N) is 1. The van der Waals surface area contributed by atoms with Gasteiger partial charge in [-0.3, -0.25) is 0 Å². The molecule has 0 amide bonds. The van der Waals surface area contributed by atoms with Gasteiger partial charge in [-0.15, -0.1) is 0 Å². The van der Waals surface area contributed by atoms with Crippen molar-refractivity contribution in [1.82, 2.24) is 0 Å². The van der Waals surface area contributed by atoms with E-state index in [-0.39, 0.29) is 11.9 Å². The van der Waals surface area contributed by atoms with E-state index in [4.69, 9.17) is 5.73 Å². The third-order valence-electron chi connectivity index (χ3n) is 2.50. The van der Waals surface area contributed by atoms with Crippen LogP contribution in [-0.4, -0.2) is 0 Å². The summed E-state index contributed by atoms with van der Waals surface area (Å²) in [5, 5.41) is 0. The van der Waals surface area contributed by atoms with Gasteiger partial charge in [0.15, 0.2) is 0 Å². The number of hydrogen-bond acceptors (Lipinski definition) is 2. The van der Waals surface area contributed by atoms with Crippen molar-refractivity contribution in [2.24, 2.45) is 5.73 Å². The Bertz CT molecular complexity index is 557. The Labute approximate surface area is 119 Å². The summed E-state index contributed by atoms with van der Waals surface area (Å²) >= 11 is 4.81. The molecule has 94 valence electrons. The summed E-state index contributed by atoms with van der Waals surface area (Å²) in [6.07, 6.45) is 0. The highest BCUT2D eigenvalue weighted by atomic mass is 79.9. The zero-order valence-electron chi connectivity index (χ0n) is 9.86. The summed E-state index contributed by atoms with van der Waals surface area (Å²) in [7, 11) is 0. The second-order valence-electron chi connectivity index (χ2n) is 4.01. The van der Waals surface area contributed by atoms with Gasteiger partial charge in [-0.2, -0.15) is 0 Å². The van der Waals surface area contributed by atoms with Crippen molar-refractivity contribution >= 4 is 27.7 Å². The Hall–Kier alpha value is -0.840. The fourth-order valence-corrected chi connectivity index (χ4v) is 3.30. The van der Waals surface area contributed by atoms with Gasteiger partial charge in [0.25, 0.3) is 0 Å². The number of benzene rings is 2. The lowest BCUT2D eigenvalue weighted by Gasteiger charge is -2.13. The number of halogens is 2. The predicted octanol–water partition coefficient (Wildman–Crippen LogP) is 4.76. The maximum absolute atomic E-state index is 13.9. The average Bonchev–Trinajstić information content (AvgIpc) is 2.31. The van der Waals surface area contributed by atoms with Crippen molar-refractivity contribution in [3.63, 3.8) is 0 Å². The molecule has 0 aromatic heterocycles. The van der Waals surface area contributed by atoms with Crippen LogP contribution in [0.4, 0.5) is 4.39 Å². The van der Waals surface area contributed by atoms with Crippen LogP contribution in [0.5, 0.6) is 0 Å². The second kappa shape index (κ2) is 5.87. The zero-order chi connectivity index (χ0) is 13.1. The zero-order valence-corrected chi connectivity index (χ0v) is 12.3. The van der Waals surface area contributed by atoms with Gasteiger partial charge in [-0.05, 0) is 36.8 Å². The Balaban J connectivity index is 2.39. The highest BCUT2D eigenvalue weighted by molar-refractivity contribution is 9.10. The molecule has 1 atom stereocenters. The molecule has 0 aliphatic heterocycles. The molecule has 0 radical (unpaired) electrons. The quantitative estimate of drug-likeness (QED) is 0.880. The van der Waals surface area contributed by atoms with Crippen LogP contribution >= 0.6 is 27.7 Å². The lowest BCUT2D eigenvalue weighted by molar-refractivity contribution is 0.591. The molecule has 1 nitrogen and oxygen atoms in total. The van der Waals surface area contributed by atoms with Crippen LogP contribution in [0.1, 0.15) is 18.5 Å². The Morgan fingerprint density at radius 3 is 2.61 bits per heavy atom. The van der Waals surface area contributed by atoms with Crippen molar-refractivity contribution in [3.05, 3.63) is 58.3 Å². The Morgan fingerprint density at radius 2 is 1.94 bits per heavy atom. The number of rotatable bonds is 3. The monoisotopic (exact) mass is 325 g/mol. The largest absolute Gasteiger partial charge is 0.324 e. The van der Waals surface area contributed by atoms with Crippen molar-refractivity contribution in [1.29, 1.82) is 0 Å². The normalized spacial score (nSPS) is 12.4. The molecule has 4 heteroatoms. The lowest BCUT2D eigenvalue weighted by atomic mass is 10.1. The molecule has 0 aliphatic rings.